The van der Waals surface area contributed by atoms with Gasteiger partial charge in [0.15, 0.2) is 0 Å². The molecule has 0 bridgehead atoms. The molecule has 0 saturated heterocycles. The molecule has 0 aromatic rings. The van der Waals surface area contributed by atoms with Crippen molar-refractivity contribution in [3.63, 3.8) is 0 Å². The molecule has 0 N–H and O–H groups in total. The predicted molar refractivity (Wildman–Crippen MR) is 38.7 cm³/mol. The monoisotopic (exact) mass is 238 g/mol. The standard InChI is InChI=1S/C7H9BF5.K/c9-7(10)2-1-6(8(11,12)13)3-5(6)4-7;/h5H,1-4H2;/q-1;+1. The molecule has 0 aliphatic heterocycles. The maximum absolute atomic E-state index is 12.7. The first kappa shape index (κ1) is 13.4. The Hall–Kier alpha value is 1.35. The maximum Gasteiger partial charge on any atom is 1.00 e. The summed E-state index contributed by atoms with van der Waals surface area (Å²) < 4.78 is 62.7. The van der Waals surface area contributed by atoms with Crippen molar-refractivity contribution < 1.29 is 73.1 Å². The van der Waals surface area contributed by atoms with Crippen LogP contribution in [-0.2, 0) is 0 Å². The Morgan fingerprint density at radius 2 is 1.57 bits per heavy atom. The van der Waals surface area contributed by atoms with E-state index in [2.05, 4.69) is 0 Å². The van der Waals surface area contributed by atoms with Gasteiger partial charge in [-0.05, 0) is 0 Å². The molecule has 2 unspecified atom stereocenters. The normalized spacial score (nSPS) is 39.6. The number of hydrogen-bond donors (Lipinski definition) is 0. The number of halogens is 5. The summed E-state index contributed by atoms with van der Waals surface area (Å²) in [6.07, 6.45) is -1.58. The van der Waals surface area contributed by atoms with Crippen molar-refractivity contribution >= 4 is 6.98 Å². The van der Waals surface area contributed by atoms with Gasteiger partial charge in [-0.25, -0.2) is 8.78 Å². The minimum absolute atomic E-state index is 0. The first-order valence-electron chi connectivity index (χ1n) is 4.34. The molecule has 0 aromatic heterocycles. The zero-order chi connectivity index (χ0) is 9.91. The first-order chi connectivity index (χ1) is 5.77. The first-order valence-corrected chi connectivity index (χ1v) is 4.34. The molecule has 2 rings (SSSR count). The number of rotatable bonds is 1. The topological polar surface area (TPSA) is 0 Å². The molecule has 2 fully saturated rings. The van der Waals surface area contributed by atoms with Gasteiger partial charge in [-0.1, -0.05) is 24.1 Å². The molecular weight excluding hydrogens is 229 g/mol. The average molecular weight is 238 g/mol. The fraction of sp³-hybridized carbons (Fsp3) is 1.00. The predicted octanol–water partition coefficient (Wildman–Crippen LogP) is 0.417. The summed E-state index contributed by atoms with van der Waals surface area (Å²) in [4.78, 5) is 0. The van der Waals surface area contributed by atoms with Crippen molar-refractivity contribution in [3.8, 4) is 0 Å². The number of hydrogen-bond acceptors (Lipinski definition) is 0. The summed E-state index contributed by atoms with van der Waals surface area (Å²) in [5, 5.41) is -1.68. The molecule has 0 amide bonds. The average Bonchev–Trinajstić information content (AvgIpc) is 2.58. The summed E-state index contributed by atoms with van der Waals surface area (Å²) in [5.41, 5.74) is 0. The van der Waals surface area contributed by atoms with Crippen LogP contribution in [0.4, 0.5) is 21.7 Å². The van der Waals surface area contributed by atoms with Crippen LogP contribution in [0.5, 0.6) is 0 Å². The largest absolute Gasteiger partial charge is 1.00 e. The molecule has 2 atom stereocenters. The molecule has 0 heterocycles. The van der Waals surface area contributed by atoms with E-state index in [0.29, 0.717) is 0 Å². The molecule has 14 heavy (non-hydrogen) atoms. The minimum atomic E-state index is -4.92. The summed E-state index contributed by atoms with van der Waals surface area (Å²) in [6, 6.07) is 0. The van der Waals surface area contributed by atoms with E-state index in [1.54, 1.807) is 0 Å². The van der Waals surface area contributed by atoms with E-state index in [0.717, 1.165) is 0 Å². The number of fused-ring (bicyclic) bond motifs is 1. The molecular formula is C7H9BF5K. The van der Waals surface area contributed by atoms with Crippen molar-refractivity contribution in [1.82, 2.24) is 0 Å². The summed E-state index contributed by atoms with van der Waals surface area (Å²) in [5.74, 6) is -3.65. The van der Waals surface area contributed by atoms with Crippen LogP contribution in [0.15, 0.2) is 0 Å². The zero-order valence-electron chi connectivity index (χ0n) is 7.87. The van der Waals surface area contributed by atoms with Gasteiger partial charge in [-0.2, -0.15) is 0 Å². The SMILES string of the molecule is F[B-](F)(F)C12CCC(F)(F)CC1C2.[K+]. The van der Waals surface area contributed by atoms with Crippen molar-refractivity contribution in [2.75, 3.05) is 0 Å². The summed E-state index contributed by atoms with van der Waals surface area (Å²) in [7, 11) is 0. The van der Waals surface area contributed by atoms with E-state index >= 15 is 0 Å². The second kappa shape index (κ2) is 3.68. The van der Waals surface area contributed by atoms with Gasteiger partial charge in [-0.3, -0.25) is 0 Å². The fourth-order valence-electron chi connectivity index (χ4n) is 2.42. The minimum Gasteiger partial charge on any atom is -0.449 e. The smallest absolute Gasteiger partial charge is 0.449 e. The Kier molecular flexibility index (Phi) is 3.53. The van der Waals surface area contributed by atoms with Crippen molar-refractivity contribution in [3.05, 3.63) is 0 Å². The molecule has 2 saturated carbocycles. The Labute approximate surface area is 121 Å². The molecule has 2 aliphatic carbocycles. The van der Waals surface area contributed by atoms with Crippen LogP contribution < -0.4 is 51.4 Å². The van der Waals surface area contributed by atoms with E-state index in [1.165, 1.54) is 0 Å². The van der Waals surface area contributed by atoms with E-state index in [4.69, 9.17) is 0 Å². The van der Waals surface area contributed by atoms with Crippen LogP contribution in [0, 0.1) is 5.92 Å². The fourth-order valence-corrected chi connectivity index (χ4v) is 2.42. The third-order valence-electron chi connectivity index (χ3n) is 3.43. The van der Waals surface area contributed by atoms with Crippen molar-refractivity contribution in [2.24, 2.45) is 5.92 Å². The van der Waals surface area contributed by atoms with E-state index in [-0.39, 0.29) is 64.2 Å². The van der Waals surface area contributed by atoms with Crippen LogP contribution in [0.3, 0.4) is 0 Å². The molecule has 7 heteroatoms. The second-order valence-electron chi connectivity index (χ2n) is 4.27. The van der Waals surface area contributed by atoms with Gasteiger partial charge in [-0.15, -0.1) is 0 Å². The van der Waals surface area contributed by atoms with Gasteiger partial charge in [0.25, 0.3) is 0 Å². The molecule has 0 spiro atoms. The molecule has 76 valence electrons. The van der Waals surface area contributed by atoms with E-state index < -0.39 is 37.0 Å². The van der Waals surface area contributed by atoms with Crippen LogP contribution >= 0.6 is 0 Å². The van der Waals surface area contributed by atoms with Crippen molar-refractivity contribution in [2.45, 2.75) is 36.9 Å². The second-order valence-corrected chi connectivity index (χ2v) is 4.27. The van der Waals surface area contributed by atoms with Gasteiger partial charge in [0.2, 0.25) is 5.92 Å². The van der Waals surface area contributed by atoms with Crippen LogP contribution in [0.2, 0.25) is 5.31 Å². The third kappa shape index (κ3) is 2.07. The van der Waals surface area contributed by atoms with Gasteiger partial charge in [0.1, 0.15) is 0 Å². The van der Waals surface area contributed by atoms with Crippen molar-refractivity contribution in [1.29, 1.82) is 0 Å². The Balaban J connectivity index is 0.000000980. The Morgan fingerprint density at radius 3 is 2.00 bits per heavy atom. The van der Waals surface area contributed by atoms with E-state index in [9.17, 15) is 21.7 Å². The molecule has 0 aromatic carbocycles. The van der Waals surface area contributed by atoms with Gasteiger partial charge < -0.3 is 12.9 Å². The van der Waals surface area contributed by atoms with Gasteiger partial charge >= 0.3 is 58.4 Å². The van der Waals surface area contributed by atoms with Crippen LogP contribution in [0.1, 0.15) is 25.7 Å². The molecule has 2 aliphatic rings. The van der Waals surface area contributed by atoms with Crippen LogP contribution in [0.25, 0.3) is 0 Å². The quantitative estimate of drug-likeness (QED) is 0.458. The molecule has 0 radical (unpaired) electrons. The van der Waals surface area contributed by atoms with Gasteiger partial charge in [0.05, 0.1) is 0 Å². The third-order valence-corrected chi connectivity index (χ3v) is 3.43. The van der Waals surface area contributed by atoms with Crippen LogP contribution in [-0.4, -0.2) is 12.9 Å². The maximum atomic E-state index is 12.7. The Morgan fingerprint density at radius 1 is 1.00 bits per heavy atom. The number of alkyl halides is 2. The zero-order valence-corrected chi connectivity index (χ0v) is 11.0. The summed E-state index contributed by atoms with van der Waals surface area (Å²) >= 11 is 0. The van der Waals surface area contributed by atoms with Gasteiger partial charge in [0, 0.05) is 12.8 Å². The Bertz CT molecular complexity index is 241. The summed E-state index contributed by atoms with van der Waals surface area (Å²) in [6.45, 7) is -4.92. The van der Waals surface area contributed by atoms with E-state index in [1.807, 2.05) is 0 Å². The molecule has 0 nitrogen and oxygen atoms in total.